The number of amides is 1. The first-order chi connectivity index (χ1) is 8.56. The van der Waals surface area contributed by atoms with Crippen LogP contribution in [-0.2, 0) is 9.53 Å². The van der Waals surface area contributed by atoms with E-state index in [1.165, 1.54) is 0 Å². The van der Waals surface area contributed by atoms with Crippen molar-refractivity contribution in [2.75, 3.05) is 13.3 Å². The predicted molar refractivity (Wildman–Crippen MR) is 70.9 cm³/mol. The van der Waals surface area contributed by atoms with E-state index in [1.54, 1.807) is 0 Å². The minimum atomic E-state index is -0.319. The van der Waals surface area contributed by atoms with E-state index in [0.717, 1.165) is 12.0 Å². The van der Waals surface area contributed by atoms with Crippen LogP contribution in [0.1, 0.15) is 38.8 Å². The lowest BCUT2D eigenvalue weighted by Crippen LogP contribution is -2.40. The second-order valence-electron chi connectivity index (χ2n) is 5.44. The van der Waals surface area contributed by atoms with Crippen LogP contribution in [0, 0.1) is 5.41 Å². The highest BCUT2D eigenvalue weighted by atomic mass is 16.5. The van der Waals surface area contributed by atoms with Crippen LogP contribution in [0.15, 0.2) is 30.3 Å². The Morgan fingerprint density at radius 3 is 2.67 bits per heavy atom. The largest absolute Gasteiger partial charge is 0.359 e. The van der Waals surface area contributed by atoms with Gasteiger partial charge in [-0.2, -0.15) is 0 Å². The molecule has 1 amide bonds. The van der Waals surface area contributed by atoms with Crippen LogP contribution in [0.2, 0.25) is 0 Å². The summed E-state index contributed by atoms with van der Waals surface area (Å²) in [6, 6.07) is 10.2. The summed E-state index contributed by atoms with van der Waals surface area (Å²) >= 11 is 0. The van der Waals surface area contributed by atoms with Crippen molar-refractivity contribution in [1.82, 2.24) is 4.90 Å². The molecule has 1 aromatic rings. The van der Waals surface area contributed by atoms with Crippen molar-refractivity contribution in [2.24, 2.45) is 5.41 Å². The van der Waals surface area contributed by atoms with Crippen molar-refractivity contribution >= 4 is 5.91 Å². The Morgan fingerprint density at radius 1 is 1.39 bits per heavy atom. The lowest BCUT2D eigenvalue weighted by molar-refractivity contribution is -0.142. The topological polar surface area (TPSA) is 29.5 Å². The van der Waals surface area contributed by atoms with Gasteiger partial charge in [0.25, 0.3) is 0 Å². The Balaban J connectivity index is 2.21. The standard InChI is InChI=1S/C15H21NO2/c1-4-15(2,3)14(17)16-11-18-10-13(16)12-8-6-5-7-9-12/h5-9,13H,4,10-11H2,1-3H3/t13-/m1/s1. The zero-order chi connectivity index (χ0) is 13.2. The molecule has 2 rings (SSSR count). The van der Waals surface area contributed by atoms with Gasteiger partial charge < -0.3 is 9.64 Å². The van der Waals surface area contributed by atoms with Crippen LogP contribution in [0.5, 0.6) is 0 Å². The molecule has 1 aliphatic rings. The first-order valence-corrected chi connectivity index (χ1v) is 6.50. The molecule has 3 heteroatoms. The molecule has 0 bridgehead atoms. The van der Waals surface area contributed by atoms with Gasteiger partial charge in [-0.15, -0.1) is 0 Å². The fraction of sp³-hybridized carbons (Fsp3) is 0.533. The highest BCUT2D eigenvalue weighted by Crippen LogP contribution is 2.32. The summed E-state index contributed by atoms with van der Waals surface area (Å²) < 4.78 is 5.49. The van der Waals surface area contributed by atoms with Crippen LogP contribution in [0.25, 0.3) is 0 Å². The maximum absolute atomic E-state index is 12.5. The van der Waals surface area contributed by atoms with Gasteiger partial charge in [0.15, 0.2) is 0 Å². The third kappa shape index (κ3) is 2.41. The Kier molecular flexibility index (Phi) is 3.71. The quantitative estimate of drug-likeness (QED) is 0.821. The smallest absolute Gasteiger partial charge is 0.230 e. The van der Waals surface area contributed by atoms with E-state index in [4.69, 9.17) is 4.74 Å². The van der Waals surface area contributed by atoms with E-state index < -0.39 is 0 Å². The maximum Gasteiger partial charge on any atom is 0.230 e. The number of carbonyl (C=O) groups excluding carboxylic acids is 1. The van der Waals surface area contributed by atoms with E-state index in [2.05, 4.69) is 12.1 Å². The first-order valence-electron chi connectivity index (χ1n) is 6.50. The molecule has 1 heterocycles. The van der Waals surface area contributed by atoms with E-state index in [0.29, 0.717) is 13.3 Å². The molecule has 18 heavy (non-hydrogen) atoms. The molecule has 0 aliphatic carbocycles. The normalized spacial score (nSPS) is 20.2. The van der Waals surface area contributed by atoms with Gasteiger partial charge in [-0.1, -0.05) is 51.1 Å². The number of carbonyl (C=O) groups is 1. The molecular formula is C15H21NO2. The second-order valence-corrected chi connectivity index (χ2v) is 5.44. The van der Waals surface area contributed by atoms with Crippen molar-refractivity contribution < 1.29 is 9.53 Å². The van der Waals surface area contributed by atoms with Gasteiger partial charge in [0.05, 0.1) is 12.6 Å². The Morgan fingerprint density at radius 2 is 2.06 bits per heavy atom. The molecule has 1 aromatic carbocycles. The molecular weight excluding hydrogens is 226 g/mol. The first kappa shape index (κ1) is 13.1. The molecule has 0 spiro atoms. The van der Waals surface area contributed by atoms with Crippen molar-refractivity contribution in [1.29, 1.82) is 0 Å². The number of benzene rings is 1. The summed E-state index contributed by atoms with van der Waals surface area (Å²) in [5.74, 6) is 0.177. The maximum atomic E-state index is 12.5. The lowest BCUT2D eigenvalue weighted by atomic mass is 9.88. The van der Waals surface area contributed by atoms with Gasteiger partial charge >= 0.3 is 0 Å². The zero-order valence-electron chi connectivity index (χ0n) is 11.3. The summed E-state index contributed by atoms with van der Waals surface area (Å²) in [6.45, 7) is 7.04. The molecule has 1 aliphatic heterocycles. The number of nitrogens with zero attached hydrogens (tertiary/aromatic N) is 1. The fourth-order valence-corrected chi connectivity index (χ4v) is 2.13. The molecule has 98 valence electrons. The van der Waals surface area contributed by atoms with E-state index in [9.17, 15) is 4.79 Å². The summed E-state index contributed by atoms with van der Waals surface area (Å²) in [5.41, 5.74) is 0.830. The van der Waals surface area contributed by atoms with Crippen molar-refractivity contribution in [2.45, 2.75) is 33.2 Å². The Hall–Kier alpha value is -1.35. The zero-order valence-corrected chi connectivity index (χ0v) is 11.3. The minimum Gasteiger partial charge on any atom is -0.359 e. The second kappa shape index (κ2) is 5.11. The monoisotopic (exact) mass is 247 g/mol. The average molecular weight is 247 g/mol. The molecule has 1 atom stereocenters. The molecule has 3 nitrogen and oxygen atoms in total. The summed E-state index contributed by atoms with van der Waals surface area (Å²) in [4.78, 5) is 14.4. The third-order valence-corrected chi connectivity index (χ3v) is 3.79. The van der Waals surface area contributed by atoms with Gasteiger partial charge in [0.2, 0.25) is 5.91 Å². The summed E-state index contributed by atoms with van der Waals surface area (Å²) in [6.07, 6.45) is 0.837. The minimum absolute atomic E-state index is 0.0597. The summed E-state index contributed by atoms with van der Waals surface area (Å²) in [5, 5.41) is 0. The van der Waals surface area contributed by atoms with E-state index in [1.807, 2.05) is 43.9 Å². The molecule has 0 aromatic heterocycles. The van der Waals surface area contributed by atoms with Crippen LogP contribution >= 0.6 is 0 Å². The lowest BCUT2D eigenvalue weighted by Gasteiger charge is -2.31. The van der Waals surface area contributed by atoms with E-state index in [-0.39, 0.29) is 17.4 Å². The molecule has 1 saturated heterocycles. The van der Waals surface area contributed by atoms with Crippen LogP contribution in [-0.4, -0.2) is 24.1 Å². The van der Waals surface area contributed by atoms with Gasteiger partial charge in [-0.25, -0.2) is 0 Å². The Labute approximate surface area is 109 Å². The van der Waals surface area contributed by atoms with Gasteiger partial charge in [0.1, 0.15) is 6.73 Å². The molecule has 0 N–H and O–H groups in total. The van der Waals surface area contributed by atoms with Crippen molar-refractivity contribution in [3.8, 4) is 0 Å². The fourth-order valence-electron chi connectivity index (χ4n) is 2.13. The Bertz CT molecular complexity index is 414. The van der Waals surface area contributed by atoms with Crippen molar-refractivity contribution in [3.63, 3.8) is 0 Å². The van der Waals surface area contributed by atoms with Crippen molar-refractivity contribution in [3.05, 3.63) is 35.9 Å². The van der Waals surface area contributed by atoms with Gasteiger partial charge in [0, 0.05) is 5.41 Å². The molecule has 0 unspecified atom stereocenters. The molecule has 0 radical (unpaired) electrons. The van der Waals surface area contributed by atoms with Gasteiger partial charge in [-0.3, -0.25) is 4.79 Å². The predicted octanol–water partition coefficient (Wildman–Crippen LogP) is 2.98. The number of ether oxygens (including phenoxy) is 1. The number of hydrogen-bond donors (Lipinski definition) is 0. The highest BCUT2D eigenvalue weighted by Gasteiger charge is 2.37. The van der Waals surface area contributed by atoms with Crippen LogP contribution in [0.3, 0.4) is 0 Å². The van der Waals surface area contributed by atoms with E-state index >= 15 is 0 Å². The molecule has 0 saturated carbocycles. The number of rotatable bonds is 3. The number of hydrogen-bond acceptors (Lipinski definition) is 2. The third-order valence-electron chi connectivity index (χ3n) is 3.79. The highest BCUT2D eigenvalue weighted by molar-refractivity contribution is 5.82. The van der Waals surface area contributed by atoms with Crippen LogP contribution in [0.4, 0.5) is 0 Å². The SMILES string of the molecule is CCC(C)(C)C(=O)N1COC[C@@H]1c1ccccc1. The average Bonchev–Trinajstić information content (AvgIpc) is 2.87. The summed E-state index contributed by atoms with van der Waals surface area (Å²) in [7, 11) is 0. The van der Waals surface area contributed by atoms with Crippen LogP contribution < -0.4 is 0 Å². The molecule has 1 fully saturated rings. The van der Waals surface area contributed by atoms with Gasteiger partial charge in [-0.05, 0) is 12.0 Å².